The second kappa shape index (κ2) is 3.77. The van der Waals surface area contributed by atoms with Crippen molar-refractivity contribution in [3.63, 3.8) is 0 Å². The van der Waals surface area contributed by atoms with Crippen molar-refractivity contribution in [3.8, 4) is 0 Å². The molecule has 0 aromatic carbocycles. The number of aromatic nitrogens is 2. The first kappa shape index (κ1) is 7.80. The second-order valence-corrected chi connectivity index (χ2v) is 2.08. The summed E-state index contributed by atoms with van der Waals surface area (Å²) in [6.07, 6.45) is 3.16. The molecule has 0 atom stereocenters. The van der Waals surface area contributed by atoms with Crippen molar-refractivity contribution in [1.29, 1.82) is 0 Å². The highest BCUT2D eigenvalue weighted by Crippen LogP contribution is 1.98. The van der Waals surface area contributed by atoms with Gasteiger partial charge in [0.2, 0.25) is 5.11 Å². The molecule has 0 bridgehead atoms. The van der Waals surface area contributed by atoms with E-state index < -0.39 is 0 Å². The van der Waals surface area contributed by atoms with Crippen molar-refractivity contribution in [2.24, 2.45) is 10.2 Å². The quantitative estimate of drug-likeness (QED) is 0.490. The normalized spacial score (nSPS) is 10.3. The Kier molecular flexibility index (Phi) is 2.67. The topological polar surface area (TPSA) is 65.4 Å². The van der Waals surface area contributed by atoms with E-state index in [0.29, 0.717) is 10.9 Å². The van der Waals surface area contributed by atoms with Crippen LogP contribution in [-0.2, 0) is 0 Å². The summed E-state index contributed by atoms with van der Waals surface area (Å²) < 4.78 is 0. The van der Waals surface area contributed by atoms with Gasteiger partial charge in [0.1, 0.15) is 5.82 Å². The summed E-state index contributed by atoms with van der Waals surface area (Å²) in [5.74, 6) is 0.711. The molecule has 1 aromatic rings. The average molecular weight is 169 g/mol. The Balaban J connectivity index is 2.50. The lowest BCUT2D eigenvalue weighted by Gasteiger charge is -1.95. The Morgan fingerprint density at radius 2 is 2.64 bits per heavy atom. The summed E-state index contributed by atoms with van der Waals surface area (Å²) in [6, 6.07) is 0. The lowest BCUT2D eigenvalue weighted by atomic mass is 10.7. The maximum Gasteiger partial charge on any atom is 0.218 e. The van der Waals surface area contributed by atoms with E-state index >= 15 is 0 Å². The fraction of sp³-hybridized carbons (Fsp3) is 0.200. The molecule has 5 nitrogen and oxygen atoms in total. The molecule has 0 aliphatic carbocycles. The van der Waals surface area contributed by atoms with Crippen LogP contribution in [0.2, 0.25) is 0 Å². The summed E-state index contributed by atoms with van der Waals surface area (Å²) in [6.45, 7) is 0. The van der Waals surface area contributed by atoms with Crippen LogP contribution >= 0.6 is 12.2 Å². The van der Waals surface area contributed by atoms with Crippen LogP contribution in [0, 0.1) is 0 Å². The van der Waals surface area contributed by atoms with E-state index in [4.69, 9.17) is 12.2 Å². The van der Waals surface area contributed by atoms with Gasteiger partial charge in [-0.05, 0) is 12.2 Å². The summed E-state index contributed by atoms with van der Waals surface area (Å²) >= 11 is 4.78. The van der Waals surface area contributed by atoms with Crippen LogP contribution in [-0.4, -0.2) is 22.1 Å². The minimum Gasteiger partial charge on any atom is -0.331 e. The van der Waals surface area contributed by atoms with Gasteiger partial charge in [-0.1, -0.05) is 0 Å². The third-order valence-electron chi connectivity index (χ3n) is 0.931. The largest absolute Gasteiger partial charge is 0.331 e. The third-order valence-corrected chi connectivity index (χ3v) is 1.11. The predicted molar refractivity (Wildman–Crippen MR) is 45.6 cm³/mol. The van der Waals surface area contributed by atoms with Gasteiger partial charge < -0.3 is 10.3 Å². The zero-order valence-corrected chi connectivity index (χ0v) is 6.72. The van der Waals surface area contributed by atoms with Gasteiger partial charge in [0.05, 0.1) is 12.5 Å². The van der Waals surface area contributed by atoms with Crippen molar-refractivity contribution in [2.45, 2.75) is 0 Å². The highest BCUT2D eigenvalue weighted by Gasteiger charge is 1.94. The highest BCUT2D eigenvalue weighted by atomic mass is 32.1. The molecule has 0 aliphatic heterocycles. The molecule has 0 fully saturated rings. The molecule has 0 unspecified atom stereocenters. The molecule has 0 saturated carbocycles. The second-order valence-electron chi connectivity index (χ2n) is 1.70. The highest BCUT2D eigenvalue weighted by molar-refractivity contribution is 7.80. The lowest BCUT2D eigenvalue weighted by Crippen LogP contribution is -2.04. The number of nitrogens with zero attached hydrogens (tertiary/aromatic N) is 3. The molecule has 1 heterocycles. The number of aromatic amines is 1. The van der Waals surface area contributed by atoms with Crippen LogP contribution in [0.25, 0.3) is 0 Å². The predicted octanol–water partition coefficient (Wildman–Crippen LogP) is 1.19. The Bertz CT molecular complexity index is 252. The van der Waals surface area contributed by atoms with E-state index in [2.05, 4.69) is 25.5 Å². The number of H-pyrrole nitrogens is 1. The third kappa shape index (κ3) is 2.42. The summed E-state index contributed by atoms with van der Waals surface area (Å²) in [5, 5.41) is 10.2. The van der Waals surface area contributed by atoms with Crippen LogP contribution in [0.5, 0.6) is 0 Å². The van der Waals surface area contributed by atoms with Crippen LogP contribution in [0.1, 0.15) is 0 Å². The molecular formula is C5H7N5S. The van der Waals surface area contributed by atoms with Gasteiger partial charge in [0, 0.05) is 7.05 Å². The number of anilines is 1. The fourth-order valence-corrected chi connectivity index (χ4v) is 0.747. The molecule has 1 aromatic heterocycles. The van der Waals surface area contributed by atoms with Crippen LogP contribution in [0.3, 0.4) is 0 Å². The van der Waals surface area contributed by atoms with E-state index in [1.807, 2.05) is 0 Å². The molecule has 0 saturated heterocycles. The molecule has 2 N–H and O–H groups in total. The monoisotopic (exact) mass is 169 g/mol. The van der Waals surface area contributed by atoms with Crippen molar-refractivity contribution in [2.75, 3.05) is 12.4 Å². The van der Waals surface area contributed by atoms with Gasteiger partial charge in [0.25, 0.3) is 0 Å². The minimum absolute atomic E-state index is 0.316. The first-order chi connectivity index (χ1) is 5.33. The SMILES string of the molecule is CN=NC(=S)Nc1cnc[nH]1. The van der Waals surface area contributed by atoms with Crippen LogP contribution in [0.4, 0.5) is 5.82 Å². The van der Waals surface area contributed by atoms with Gasteiger partial charge in [-0.2, -0.15) is 5.11 Å². The van der Waals surface area contributed by atoms with Crippen molar-refractivity contribution in [1.82, 2.24) is 9.97 Å². The number of hydrogen-bond donors (Lipinski definition) is 2. The lowest BCUT2D eigenvalue weighted by molar-refractivity contribution is 1.21. The first-order valence-corrected chi connectivity index (χ1v) is 3.33. The van der Waals surface area contributed by atoms with Gasteiger partial charge in [-0.15, -0.1) is 5.11 Å². The molecule has 1 rings (SSSR count). The zero-order chi connectivity index (χ0) is 8.10. The Morgan fingerprint density at radius 1 is 1.82 bits per heavy atom. The summed E-state index contributed by atoms with van der Waals surface area (Å²) in [7, 11) is 1.56. The molecule has 6 heteroatoms. The van der Waals surface area contributed by atoms with Gasteiger partial charge in [-0.25, -0.2) is 4.98 Å². The summed E-state index contributed by atoms with van der Waals surface area (Å²) in [4.78, 5) is 6.60. The molecule has 58 valence electrons. The van der Waals surface area contributed by atoms with Crippen LogP contribution in [0.15, 0.2) is 22.8 Å². The smallest absolute Gasteiger partial charge is 0.218 e. The number of hydrogen-bond acceptors (Lipinski definition) is 3. The number of nitrogens with one attached hydrogen (secondary N) is 2. The Morgan fingerprint density at radius 3 is 3.18 bits per heavy atom. The molecule has 0 amide bonds. The molecule has 11 heavy (non-hydrogen) atoms. The number of thiocarbonyl (C=S) groups is 1. The summed E-state index contributed by atoms with van der Waals surface area (Å²) in [5.41, 5.74) is 0. The number of azo groups is 1. The van der Waals surface area contributed by atoms with E-state index in [9.17, 15) is 0 Å². The van der Waals surface area contributed by atoms with Gasteiger partial charge in [-0.3, -0.25) is 0 Å². The molecule has 0 radical (unpaired) electrons. The van der Waals surface area contributed by atoms with Crippen molar-refractivity contribution < 1.29 is 0 Å². The van der Waals surface area contributed by atoms with Gasteiger partial charge >= 0.3 is 0 Å². The number of rotatable bonds is 1. The van der Waals surface area contributed by atoms with Crippen LogP contribution < -0.4 is 5.32 Å². The standard InChI is InChI=1S/C5H7N5S/c1-6-10-5(11)9-4-2-7-3-8-4/h2-3H,1H3,(H,7,8)(H,9,11). The van der Waals surface area contributed by atoms with E-state index in [0.717, 1.165) is 0 Å². The minimum atomic E-state index is 0.316. The Labute approximate surface area is 68.9 Å². The van der Waals surface area contributed by atoms with Gasteiger partial charge in [0.15, 0.2) is 0 Å². The zero-order valence-electron chi connectivity index (χ0n) is 5.90. The van der Waals surface area contributed by atoms with E-state index in [1.165, 1.54) is 0 Å². The molecule has 0 aliphatic rings. The van der Waals surface area contributed by atoms with Crippen molar-refractivity contribution >= 4 is 23.1 Å². The maximum atomic E-state index is 4.78. The van der Waals surface area contributed by atoms with E-state index in [1.54, 1.807) is 19.6 Å². The average Bonchev–Trinajstić information content (AvgIpc) is 2.40. The molecule has 0 spiro atoms. The fourth-order valence-electron chi connectivity index (χ4n) is 0.555. The first-order valence-electron chi connectivity index (χ1n) is 2.92. The molecular weight excluding hydrogens is 162 g/mol. The Hall–Kier alpha value is -1.30. The van der Waals surface area contributed by atoms with E-state index in [-0.39, 0.29) is 0 Å². The number of imidazole rings is 1. The van der Waals surface area contributed by atoms with Crippen molar-refractivity contribution in [3.05, 3.63) is 12.5 Å². The maximum absolute atomic E-state index is 4.78.